The third kappa shape index (κ3) is 5.49. The lowest BCUT2D eigenvalue weighted by Gasteiger charge is -2.35. The molecule has 1 aliphatic heterocycles. The van der Waals surface area contributed by atoms with Gasteiger partial charge in [-0.05, 0) is 68.7 Å². The van der Waals surface area contributed by atoms with Crippen LogP contribution in [0.5, 0.6) is 5.75 Å². The highest BCUT2D eigenvalue weighted by atomic mass is 35.5. The van der Waals surface area contributed by atoms with Crippen molar-refractivity contribution >= 4 is 28.6 Å². The van der Waals surface area contributed by atoms with Crippen LogP contribution in [0.1, 0.15) is 50.1 Å². The molecule has 1 atom stereocenters. The quantitative estimate of drug-likeness (QED) is 0.327. The van der Waals surface area contributed by atoms with Gasteiger partial charge in [0.25, 0.3) is 0 Å². The number of carbonyl (C=O) groups is 1. The van der Waals surface area contributed by atoms with Crippen LogP contribution in [0.15, 0.2) is 42.5 Å². The van der Waals surface area contributed by atoms with Crippen molar-refractivity contribution in [3.05, 3.63) is 64.3 Å². The van der Waals surface area contributed by atoms with Gasteiger partial charge in [0.1, 0.15) is 11.8 Å². The number of carbonyl (C=O) groups excluding carboxylic acids is 1. The molecule has 8 heteroatoms. The number of aromatic nitrogens is 1. The van der Waals surface area contributed by atoms with E-state index in [2.05, 4.69) is 4.98 Å². The standard InChI is InChI=1S/C26H31ClN2O5/c1-4-32-25(30)29-13-12-20-21-16-18(27)8-11-22(21)28-23(20)24(29)17-6-9-19(10-7-17)33-14-5-15-34-26(2,3)31/h6-11,16,24,28,31H,4-5,12-15H2,1-3H3/t24-/m0/s1. The molecule has 2 N–H and O–H groups in total. The topological polar surface area (TPSA) is 84.0 Å². The Kier molecular flexibility index (Phi) is 7.36. The van der Waals surface area contributed by atoms with E-state index >= 15 is 0 Å². The number of H-pyrrole nitrogens is 1. The summed E-state index contributed by atoms with van der Waals surface area (Å²) < 4.78 is 16.5. The Labute approximate surface area is 204 Å². The van der Waals surface area contributed by atoms with E-state index in [0.29, 0.717) is 37.8 Å². The van der Waals surface area contributed by atoms with E-state index in [1.807, 2.05) is 49.4 Å². The largest absolute Gasteiger partial charge is 0.494 e. The van der Waals surface area contributed by atoms with Crippen molar-refractivity contribution in [3.8, 4) is 5.75 Å². The van der Waals surface area contributed by atoms with Gasteiger partial charge in [0.05, 0.1) is 19.8 Å². The number of hydrogen-bond acceptors (Lipinski definition) is 5. The van der Waals surface area contributed by atoms with Gasteiger partial charge in [-0.2, -0.15) is 0 Å². The first-order chi connectivity index (χ1) is 16.3. The lowest BCUT2D eigenvalue weighted by atomic mass is 9.92. The Balaban J connectivity index is 1.56. The SMILES string of the molecule is CCOC(=O)N1CCc2c([nH]c3ccc(Cl)cc23)[C@@H]1c1ccc(OCCCOC(C)(C)O)cc1. The summed E-state index contributed by atoms with van der Waals surface area (Å²) in [5.74, 6) is -0.409. The van der Waals surface area contributed by atoms with Crippen LogP contribution in [0.4, 0.5) is 4.79 Å². The summed E-state index contributed by atoms with van der Waals surface area (Å²) in [6, 6.07) is 13.3. The minimum atomic E-state index is -1.14. The van der Waals surface area contributed by atoms with Crippen LogP contribution in [0.25, 0.3) is 10.9 Å². The maximum Gasteiger partial charge on any atom is 0.410 e. The summed E-state index contributed by atoms with van der Waals surface area (Å²) in [6.07, 6.45) is 1.05. The number of ether oxygens (including phenoxy) is 3. The van der Waals surface area contributed by atoms with E-state index in [4.69, 9.17) is 25.8 Å². The fourth-order valence-electron chi connectivity index (χ4n) is 4.33. The Morgan fingerprint density at radius 2 is 1.97 bits per heavy atom. The van der Waals surface area contributed by atoms with Gasteiger partial charge in [0.15, 0.2) is 5.79 Å². The van der Waals surface area contributed by atoms with Gasteiger partial charge in [0.2, 0.25) is 0 Å². The van der Waals surface area contributed by atoms with E-state index in [0.717, 1.165) is 34.3 Å². The Morgan fingerprint density at radius 1 is 1.21 bits per heavy atom. The fraction of sp³-hybridized carbons (Fsp3) is 0.423. The molecule has 4 rings (SSSR count). The lowest BCUT2D eigenvalue weighted by molar-refractivity contribution is -0.176. The van der Waals surface area contributed by atoms with Crippen LogP contribution in [-0.2, 0) is 15.9 Å². The molecule has 0 fully saturated rings. The number of benzene rings is 2. The van der Waals surface area contributed by atoms with Crippen LogP contribution >= 0.6 is 11.6 Å². The van der Waals surface area contributed by atoms with Crippen molar-refractivity contribution in [1.29, 1.82) is 0 Å². The first-order valence-corrected chi connectivity index (χ1v) is 12.0. The third-order valence-electron chi connectivity index (χ3n) is 5.80. The molecule has 7 nitrogen and oxygen atoms in total. The molecule has 0 radical (unpaired) electrons. The number of amides is 1. The monoisotopic (exact) mass is 486 g/mol. The lowest BCUT2D eigenvalue weighted by Crippen LogP contribution is -2.40. The predicted octanol–water partition coefficient (Wildman–Crippen LogP) is 5.44. The van der Waals surface area contributed by atoms with Gasteiger partial charge in [-0.15, -0.1) is 0 Å². The molecule has 3 aromatic rings. The number of fused-ring (bicyclic) bond motifs is 3. The highest BCUT2D eigenvalue weighted by Crippen LogP contribution is 2.39. The summed E-state index contributed by atoms with van der Waals surface area (Å²) in [7, 11) is 0. The molecular weight excluding hydrogens is 456 g/mol. The first kappa shape index (κ1) is 24.4. The van der Waals surface area contributed by atoms with E-state index in [-0.39, 0.29) is 12.1 Å². The zero-order valence-corrected chi connectivity index (χ0v) is 20.5. The molecule has 34 heavy (non-hydrogen) atoms. The van der Waals surface area contributed by atoms with Gasteiger partial charge in [-0.3, -0.25) is 4.90 Å². The molecule has 0 aliphatic carbocycles. The normalized spacial score (nSPS) is 15.9. The third-order valence-corrected chi connectivity index (χ3v) is 6.03. The molecule has 0 spiro atoms. The molecular formula is C26H31ClN2O5. The van der Waals surface area contributed by atoms with Crippen molar-refractivity contribution in [3.63, 3.8) is 0 Å². The molecule has 1 amide bonds. The van der Waals surface area contributed by atoms with Crippen molar-refractivity contribution < 1.29 is 24.1 Å². The predicted molar refractivity (Wildman–Crippen MR) is 131 cm³/mol. The number of aromatic amines is 1. The van der Waals surface area contributed by atoms with Crippen molar-refractivity contribution in [2.45, 2.75) is 45.4 Å². The first-order valence-electron chi connectivity index (χ1n) is 11.6. The van der Waals surface area contributed by atoms with E-state index < -0.39 is 5.79 Å². The summed E-state index contributed by atoms with van der Waals surface area (Å²) >= 11 is 6.26. The minimum absolute atomic E-state index is 0.303. The number of nitrogens with zero attached hydrogens (tertiary/aromatic N) is 1. The van der Waals surface area contributed by atoms with Crippen LogP contribution in [0.2, 0.25) is 5.02 Å². The Morgan fingerprint density at radius 3 is 2.68 bits per heavy atom. The van der Waals surface area contributed by atoms with E-state index in [9.17, 15) is 9.90 Å². The highest BCUT2D eigenvalue weighted by molar-refractivity contribution is 6.31. The van der Waals surface area contributed by atoms with Crippen molar-refractivity contribution in [1.82, 2.24) is 9.88 Å². The Bertz CT molecular complexity index is 1140. The van der Waals surface area contributed by atoms with Gasteiger partial charge in [-0.25, -0.2) is 4.79 Å². The summed E-state index contributed by atoms with van der Waals surface area (Å²) in [5, 5.41) is 11.4. The second kappa shape index (κ2) is 10.3. The van der Waals surface area contributed by atoms with Gasteiger partial charge >= 0.3 is 6.09 Å². The van der Waals surface area contributed by atoms with E-state index in [1.165, 1.54) is 5.56 Å². The molecule has 1 aliphatic rings. The van der Waals surface area contributed by atoms with Gasteiger partial charge < -0.3 is 24.3 Å². The number of rotatable bonds is 8. The van der Waals surface area contributed by atoms with Crippen LogP contribution in [-0.4, -0.2) is 53.2 Å². The zero-order chi connectivity index (χ0) is 24.3. The molecule has 182 valence electrons. The molecule has 0 bridgehead atoms. The summed E-state index contributed by atoms with van der Waals surface area (Å²) in [6.45, 7) is 6.77. The number of aliphatic hydroxyl groups is 1. The molecule has 0 saturated heterocycles. The van der Waals surface area contributed by atoms with Crippen molar-refractivity contribution in [2.75, 3.05) is 26.4 Å². The molecule has 0 saturated carbocycles. The minimum Gasteiger partial charge on any atom is -0.494 e. The van der Waals surface area contributed by atoms with Gasteiger partial charge in [-0.1, -0.05) is 23.7 Å². The summed E-state index contributed by atoms with van der Waals surface area (Å²) in [5.41, 5.74) is 4.12. The fourth-order valence-corrected chi connectivity index (χ4v) is 4.50. The molecule has 2 aromatic carbocycles. The summed E-state index contributed by atoms with van der Waals surface area (Å²) in [4.78, 5) is 18.1. The van der Waals surface area contributed by atoms with Crippen LogP contribution in [0, 0.1) is 0 Å². The number of halogens is 1. The second-order valence-corrected chi connectivity index (χ2v) is 9.25. The average Bonchev–Trinajstić information content (AvgIpc) is 3.16. The maximum absolute atomic E-state index is 12.8. The van der Waals surface area contributed by atoms with Crippen LogP contribution < -0.4 is 4.74 Å². The maximum atomic E-state index is 12.8. The second-order valence-electron chi connectivity index (χ2n) is 8.82. The molecule has 2 heterocycles. The molecule has 1 aromatic heterocycles. The van der Waals surface area contributed by atoms with Crippen LogP contribution in [0.3, 0.4) is 0 Å². The number of nitrogens with one attached hydrogen (secondary N) is 1. The number of hydrogen-bond donors (Lipinski definition) is 2. The van der Waals surface area contributed by atoms with Gasteiger partial charge in [0, 0.05) is 34.6 Å². The average molecular weight is 487 g/mol. The smallest absolute Gasteiger partial charge is 0.410 e. The zero-order valence-electron chi connectivity index (χ0n) is 19.8. The highest BCUT2D eigenvalue weighted by Gasteiger charge is 2.35. The molecule has 0 unspecified atom stereocenters. The Hall–Kier alpha value is -2.74. The van der Waals surface area contributed by atoms with E-state index in [1.54, 1.807) is 18.7 Å². The van der Waals surface area contributed by atoms with Crippen molar-refractivity contribution in [2.24, 2.45) is 0 Å².